The van der Waals surface area contributed by atoms with Crippen LogP contribution in [0.1, 0.15) is 27.7 Å². The largest absolute Gasteiger partial charge is 0.376 e. The van der Waals surface area contributed by atoms with Crippen molar-refractivity contribution >= 4 is 0 Å². The number of hydrogen-bond donors (Lipinski definition) is 0. The summed E-state index contributed by atoms with van der Waals surface area (Å²) < 4.78 is 16.1. The Hall–Kier alpha value is -0.120. The van der Waals surface area contributed by atoms with E-state index in [4.69, 9.17) is 14.2 Å². The van der Waals surface area contributed by atoms with Gasteiger partial charge in [0.25, 0.3) is 0 Å². The van der Waals surface area contributed by atoms with E-state index in [1.807, 2.05) is 34.1 Å². The van der Waals surface area contributed by atoms with Crippen LogP contribution in [0.2, 0.25) is 0 Å². The molecule has 0 spiro atoms. The molecule has 0 saturated carbocycles. The molecule has 3 heteroatoms. The van der Waals surface area contributed by atoms with Gasteiger partial charge >= 0.3 is 0 Å². The highest BCUT2D eigenvalue weighted by atomic mass is 16.5. The first-order valence-corrected chi connectivity index (χ1v) is 5.25. The van der Waals surface area contributed by atoms with E-state index in [9.17, 15) is 0 Å². The third-order valence-corrected chi connectivity index (χ3v) is 1.58. The fraction of sp³-hybridized carbons (Fsp3) is 0.909. The van der Waals surface area contributed by atoms with Gasteiger partial charge in [-0.1, -0.05) is 6.92 Å². The van der Waals surface area contributed by atoms with Crippen LogP contribution in [-0.2, 0) is 14.2 Å². The Kier molecular flexibility index (Phi) is 9.35. The summed E-state index contributed by atoms with van der Waals surface area (Å²) in [5.41, 5.74) is 0. The minimum atomic E-state index is 0.158. The molecule has 0 aliphatic rings. The highest BCUT2D eigenvalue weighted by Crippen LogP contribution is 1.94. The maximum atomic E-state index is 5.40. The fourth-order valence-electron chi connectivity index (χ4n) is 0.901. The van der Waals surface area contributed by atoms with Gasteiger partial charge < -0.3 is 14.2 Å². The molecular weight excluding hydrogens is 180 g/mol. The van der Waals surface area contributed by atoms with Gasteiger partial charge in [-0.05, 0) is 27.2 Å². The van der Waals surface area contributed by atoms with Crippen LogP contribution in [-0.4, -0.2) is 38.6 Å². The average molecular weight is 203 g/mol. The molecule has 85 valence electrons. The maximum Gasteiger partial charge on any atom is 0.0780 e. The Balaban J connectivity index is 3.10. The Bertz CT molecular complexity index is 115. The van der Waals surface area contributed by atoms with E-state index in [0.29, 0.717) is 26.4 Å². The lowest BCUT2D eigenvalue weighted by molar-refractivity contribution is -0.0265. The second kappa shape index (κ2) is 9.44. The van der Waals surface area contributed by atoms with Crippen molar-refractivity contribution in [3.8, 4) is 0 Å². The van der Waals surface area contributed by atoms with E-state index in [1.54, 1.807) is 0 Å². The lowest BCUT2D eigenvalue weighted by Gasteiger charge is -2.13. The highest BCUT2D eigenvalue weighted by molar-refractivity contribution is 4.55. The van der Waals surface area contributed by atoms with Gasteiger partial charge in [0.15, 0.2) is 0 Å². The molecule has 0 heterocycles. The van der Waals surface area contributed by atoms with E-state index >= 15 is 0 Å². The fourth-order valence-corrected chi connectivity index (χ4v) is 0.901. The van der Waals surface area contributed by atoms with E-state index in [0.717, 1.165) is 0 Å². The Morgan fingerprint density at radius 2 is 1.79 bits per heavy atom. The molecule has 0 amide bonds. The van der Waals surface area contributed by atoms with Gasteiger partial charge in [-0.2, -0.15) is 0 Å². The molecule has 0 fully saturated rings. The van der Waals surface area contributed by atoms with E-state index in [-0.39, 0.29) is 12.2 Å². The molecule has 14 heavy (non-hydrogen) atoms. The summed E-state index contributed by atoms with van der Waals surface area (Å²) in [6.07, 6.45) is 2.42. The van der Waals surface area contributed by atoms with Gasteiger partial charge in [-0.15, -0.1) is 0 Å². The van der Waals surface area contributed by atoms with Crippen molar-refractivity contribution in [1.82, 2.24) is 0 Å². The van der Waals surface area contributed by atoms with Gasteiger partial charge in [0, 0.05) is 6.61 Å². The highest BCUT2D eigenvalue weighted by Gasteiger charge is 2.01. The quantitative estimate of drug-likeness (QED) is 0.537. The van der Waals surface area contributed by atoms with Crippen molar-refractivity contribution in [3.05, 3.63) is 6.42 Å². The van der Waals surface area contributed by atoms with E-state index in [2.05, 4.69) is 0 Å². The van der Waals surface area contributed by atoms with Gasteiger partial charge in [-0.3, -0.25) is 0 Å². The van der Waals surface area contributed by atoms with Crippen LogP contribution in [0, 0.1) is 6.42 Å². The molecule has 0 bridgehead atoms. The van der Waals surface area contributed by atoms with Crippen molar-refractivity contribution in [3.63, 3.8) is 0 Å². The molecule has 0 aromatic rings. The van der Waals surface area contributed by atoms with Crippen molar-refractivity contribution < 1.29 is 14.2 Å². The molecule has 0 N–H and O–H groups in total. The zero-order chi connectivity index (χ0) is 10.8. The average Bonchev–Trinajstić information content (AvgIpc) is 2.13. The second-order valence-corrected chi connectivity index (χ2v) is 3.55. The van der Waals surface area contributed by atoms with Crippen LogP contribution in [0.25, 0.3) is 0 Å². The summed E-state index contributed by atoms with van der Waals surface area (Å²) in [6, 6.07) is 0. The van der Waals surface area contributed by atoms with Crippen molar-refractivity contribution in [2.24, 2.45) is 0 Å². The monoisotopic (exact) mass is 203 g/mol. The second-order valence-electron chi connectivity index (χ2n) is 3.55. The van der Waals surface area contributed by atoms with Crippen LogP contribution < -0.4 is 0 Å². The summed E-state index contributed by atoms with van der Waals surface area (Å²) in [5, 5.41) is 0. The Labute approximate surface area is 87.7 Å². The summed E-state index contributed by atoms with van der Waals surface area (Å²) in [6.45, 7) is 10.6. The third-order valence-electron chi connectivity index (χ3n) is 1.58. The maximum absolute atomic E-state index is 5.40. The SMILES string of the molecule is C[CH]COC(C)COCCOC(C)C. The molecule has 3 nitrogen and oxygen atoms in total. The molecule has 0 aromatic carbocycles. The molecule has 1 radical (unpaired) electrons. The van der Waals surface area contributed by atoms with Crippen molar-refractivity contribution in [2.75, 3.05) is 26.4 Å². The number of hydrogen-bond acceptors (Lipinski definition) is 3. The molecule has 0 rings (SSSR count). The van der Waals surface area contributed by atoms with Crippen molar-refractivity contribution in [1.29, 1.82) is 0 Å². The molecule has 1 atom stereocenters. The smallest absolute Gasteiger partial charge is 0.0780 e. The summed E-state index contributed by atoms with van der Waals surface area (Å²) in [7, 11) is 0. The topological polar surface area (TPSA) is 27.7 Å². The number of rotatable bonds is 9. The Morgan fingerprint density at radius 3 is 2.36 bits per heavy atom. The van der Waals surface area contributed by atoms with Crippen LogP contribution in [0.5, 0.6) is 0 Å². The van der Waals surface area contributed by atoms with Crippen LogP contribution >= 0.6 is 0 Å². The zero-order valence-corrected chi connectivity index (χ0v) is 9.79. The van der Waals surface area contributed by atoms with E-state index in [1.165, 1.54) is 0 Å². The molecule has 0 aliphatic heterocycles. The minimum Gasteiger partial charge on any atom is -0.376 e. The predicted octanol–water partition coefficient (Wildman–Crippen LogP) is 2.06. The minimum absolute atomic E-state index is 0.158. The third kappa shape index (κ3) is 9.96. The lowest BCUT2D eigenvalue weighted by Crippen LogP contribution is -2.19. The predicted molar refractivity (Wildman–Crippen MR) is 57.3 cm³/mol. The van der Waals surface area contributed by atoms with Crippen molar-refractivity contribution in [2.45, 2.75) is 39.9 Å². The number of ether oxygens (including phenoxy) is 3. The molecule has 0 aromatic heterocycles. The van der Waals surface area contributed by atoms with E-state index < -0.39 is 0 Å². The zero-order valence-electron chi connectivity index (χ0n) is 9.79. The standard InChI is InChI=1S/C11H23O3/c1-5-6-14-11(4)9-12-7-8-13-10(2)3/h5,10-11H,6-9H2,1-4H3. The molecule has 1 unspecified atom stereocenters. The Morgan fingerprint density at radius 1 is 1.07 bits per heavy atom. The molecule has 0 aliphatic carbocycles. The first-order chi connectivity index (χ1) is 6.66. The van der Waals surface area contributed by atoms with Gasteiger partial charge in [0.05, 0.1) is 32.0 Å². The van der Waals surface area contributed by atoms with Gasteiger partial charge in [0.2, 0.25) is 0 Å². The van der Waals surface area contributed by atoms with Crippen LogP contribution in [0.3, 0.4) is 0 Å². The van der Waals surface area contributed by atoms with Crippen LogP contribution in [0.4, 0.5) is 0 Å². The van der Waals surface area contributed by atoms with Gasteiger partial charge in [0.1, 0.15) is 0 Å². The first kappa shape index (κ1) is 13.9. The first-order valence-electron chi connectivity index (χ1n) is 5.25. The van der Waals surface area contributed by atoms with Gasteiger partial charge in [-0.25, -0.2) is 0 Å². The summed E-state index contributed by atoms with van der Waals surface area (Å²) in [5.74, 6) is 0. The van der Waals surface area contributed by atoms with Crippen LogP contribution in [0.15, 0.2) is 0 Å². The summed E-state index contributed by atoms with van der Waals surface area (Å²) >= 11 is 0. The molecular formula is C11H23O3. The normalized spacial score (nSPS) is 13.5. The summed E-state index contributed by atoms with van der Waals surface area (Å²) in [4.78, 5) is 0. The molecule has 0 saturated heterocycles. The lowest BCUT2D eigenvalue weighted by atomic mass is 10.4.